The molecular formula is C23H17N5O6S. The quantitative estimate of drug-likeness (QED) is 0.213. The second-order valence-corrected chi connectivity index (χ2v) is 8.95. The lowest BCUT2D eigenvalue weighted by Gasteiger charge is -2.09. The molecule has 0 atom stereocenters. The first kappa shape index (κ1) is 22.3. The van der Waals surface area contributed by atoms with Gasteiger partial charge in [-0.05, 0) is 67.1 Å². The summed E-state index contributed by atoms with van der Waals surface area (Å²) in [5, 5.41) is 27.1. The molecule has 12 heteroatoms. The molecule has 0 N–H and O–H groups in total. The van der Waals surface area contributed by atoms with Crippen molar-refractivity contribution in [3.63, 3.8) is 0 Å². The molecule has 11 nitrogen and oxygen atoms in total. The van der Waals surface area contributed by atoms with Gasteiger partial charge < -0.3 is 4.74 Å². The van der Waals surface area contributed by atoms with Crippen molar-refractivity contribution in [2.24, 2.45) is 5.10 Å². The first-order chi connectivity index (χ1) is 16.9. The fraction of sp³-hybridized carbons (Fsp3) is 0.174. The molecule has 0 unspecified atom stereocenters. The zero-order valence-electron chi connectivity index (χ0n) is 18.1. The van der Waals surface area contributed by atoms with Gasteiger partial charge in [0.05, 0.1) is 27.5 Å². The van der Waals surface area contributed by atoms with Crippen LogP contribution < -0.4 is 10.3 Å². The average molecular weight is 491 g/mol. The predicted octanol–water partition coefficient (Wildman–Crippen LogP) is 4.83. The lowest BCUT2D eigenvalue weighted by molar-refractivity contribution is -0.394. The van der Waals surface area contributed by atoms with Gasteiger partial charge in [-0.15, -0.1) is 11.3 Å². The van der Waals surface area contributed by atoms with Crippen LogP contribution in [0.15, 0.2) is 58.7 Å². The summed E-state index contributed by atoms with van der Waals surface area (Å²) in [6.45, 7) is 0. The number of rotatable bonds is 6. The molecule has 0 spiro atoms. The van der Waals surface area contributed by atoms with Crippen LogP contribution in [-0.2, 0) is 12.8 Å². The van der Waals surface area contributed by atoms with Crippen LogP contribution in [0, 0.1) is 20.2 Å². The molecule has 35 heavy (non-hydrogen) atoms. The highest BCUT2D eigenvalue weighted by atomic mass is 32.1. The van der Waals surface area contributed by atoms with Gasteiger partial charge in [0.15, 0.2) is 0 Å². The van der Waals surface area contributed by atoms with E-state index in [4.69, 9.17) is 4.74 Å². The van der Waals surface area contributed by atoms with Gasteiger partial charge in [-0.25, -0.2) is 4.98 Å². The summed E-state index contributed by atoms with van der Waals surface area (Å²) in [4.78, 5) is 40.1. The van der Waals surface area contributed by atoms with E-state index in [0.29, 0.717) is 16.7 Å². The molecule has 0 bridgehead atoms. The lowest BCUT2D eigenvalue weighted by Crippen LogP contribution is -2.18. The number of fused-ring (bicyclic) bond motifs is 3. The van der Waals surface area contributed by atoms with E-state index in [0.717, 1.165) is 48.2 Å². The van der Waals surface area contributed by atoms with E-state index in [9.17, 15) is 25.0 Å². The van der Waals surface area contributed by atoms with Crippen LogP contribution in [0.4, 0.5) is 11.4 Å². The number of ether oxygens (including phenoxy) is 1. The molecule has 0 radical (unpaired) electrons. The molecule has 0 saturated heterocycles. The van der Waals surface area contributed by atoms with Crippen LogP contribution in [0.1, 0.15) is 28.8 Å². The van der Waals surface area contributed by atoms with E-state index in [2.05, 4.69) is 10.1 Å². The number of nitrogens with zero attached hydrogens (tertiary/aromatic N) is 5. The van der Waals surface area contributed by atoms with Crippen molar-refractivity contribution in [1.29, 1.82) is 0 Å². The Morgan fingerprint density at radius 2 is 1.83 bits per heavy atom. The van der Waals surface area contributed by atoms with Crippen molar-refractivity contribution in [3.05, 3.63) is 95.4 Å². The number of nitro benzene ring substituents is 2. The predicted molar refractivity (Wildman–Crippen MR) is 130 cm³/mol. The Hall–Kier alpha value is -4.45. The molecular weight excluding hydrogens is 474 g/mol. The van der Waals surface area contributed by atoms with E-state index in [-0.39, 0.29) is 11.3 Å². The third kappa shape index (κ3) is 4.38. The molecule has 176 valence electrons. The van der Waals surface area contributed by atoms with Crippen LogP contribution in [0.2, 0.25) is 0 Å². The SMILES string of the molecule is O=c1c2c3c(sc2ncn1/N=C\c1ccc(Oc2ccc([N+](=O)[O-])cc2[N+](=O)[O-])cc1)CCCC3. The van der Waals surface area contributed by atoms with Crippen LogP contribution in [-0.4, -0.2) is 25.7 Å². The third-order valence-electron chi connectivity index (χ3n) is 5.65. The molecule has 0 saturated carbocycles. The molecule has 0 aliphatic heterocycles. The summed E-state index contributed by atoms with van der Waals surface area (Å²) in [6, 6.07) is 9.65. The summed E-state index contributed by atoms with van der Waals surface area (Å²) < 4.78 is 6.78. The van der Waals surface area contributed by atoms with Gasteiger partial charge in [0, 0.05) is 10.9 Å². The first-order valence-corrected chi connectivity index (χ1v) is 11.5. The maximum atomic E-state index is 13.0. The molecule has 4 aromatic rings. The van der Waals surface area contributed by atoms with Crippen molar-refractivity contribution < 1.29 is 14.6 Å². The summed E-state index contributed by atoms with van der Waals surface area (Å²) in [7, 11) is 0. The lowest BCUT2D eigenvalue weighted by atomic mass is 9.97. The minimum Gasteiger partial charge on any atom is -0.450 e. The standard InChI is InChI=1S/C23H17N5O6S/c29-23-21-17-3-1-2-4-20(17)35-22(21)24-13-26(23)25-12-14-5-8-16(9-6-14)34-19-10-7-15(27(30)31)11-18(19)28(32)33/h5-13H,1-4H2/b25-12-. The van der Waals surface area contributed by atoms with Crippen molar-refractivity contribution in [3.8, 4) is 11.5 Å². The summed E-state index contributed by atoms with van der Waals surface area (Å²) in [5.41, 5.74) is 0.648. The minimum absolute atomic E-state index is 0.118. The van der Waals surface area contributed by atoms with E-state index >= 15 is 0 Å². The van der Waals surface area contributed by atoms with Crippen molar-refractivity contribution >= 4 is 39.1 Å². The topological polar surface area (TPSA) is 143 Å². The number of thiophene rings is 1. The Bertz CT molecular complexity index is 1560. The molecule has 5 rings (SSSR count). The zero-order valence-corrected chi connectivity index (χ0v) is 18.9. The van der Waals surface area contributed by atoms with E-state index in [1.807, 2.05) is 0 Å². The van der Waals surface area contributed by atoms with Gasteiger partial charge in [-0.3, -0.25) is 25.0 Å². The number of hydrogen-bond donors (Lipinski definition) is 0. The Balaban J connectivity index is 1.37. The molecule has 2 aromatic carbocycles. The maximum absolute atomic E-state index is 13.0. The normalized spacial score (nSPS) is 13.1. The number of nitro groups is 2. The van der Waals surface area contributed by atoms with E-state index in [1.54, 1.807) is 35.6 Å². The first-order valence-electron chi connectivity index (χ1n) is 10.7. The number of aryl methyl sites for hydroxylation is 2. The highest BCUT2D eigenvalue weighted by Crippen LogP contribution is 2.35. The Labute approximate surface area is 201 Å². The van der Waals surface area contributed by atoms with Crippen molar-refractivity contribution in [2.75, 3.05) is 0 Å². The van der Waals surface area contributed by atoms with Crippen molar-refractivity contribution in [1.82, 2.24) is 9.66 Å². The van der Waals surface area contributed by atoms with Gasteiger partial charge in [-0.1, -0.05) is 0 Å². The smallest absolute Gasteiger partial charge is 0.318 e. The van der Waals surface area contributed by atoms with Crippen LogP contribution in [0.25, 0.3) is 10.2 Å². The Kier molecular flexibility index (Phi) is 5.79. The largest absolute Gasteiger partial charge is 0.450 e. The molecule has 0 amide bonds. The van der Waals surface area contributed by atoms with Crippen LogP contribution in [0.5, 0.6) is 11.5 Å². The van der Waals surface area contributed by atoms with E-state index < -0.39 is 21.2 Å². The molecule has 1 aliphatic rings. The number of hydrogen-bond acceptors (Lipinski definition) is 9. The minimum atomic E-state index is -0.740. The second kappa shape index (κ2) is 9.06. The zero-order chi connectivity index (χ0) is 24.5. The fourth-order valence-electron chi connectivity index (χ4n) is 3.95. The molecule has 2 heterocycles. The van der Waals surface area contributed by atoms with Crippen LogP contribution >= 0.6 is 11.3 Å². The monoisotopic (exact) mass is 491 g/mol. The molecule has 2 aromatic heterocycles. The third-order valence-corrected chi connectivity index (χ3v) is 6.85. The highest BCUT2D eigenvalue weighted by Gasteiger charge is 2.22. The number of aromatic nitrogens is 2. The van der Waals surface area contributed by atoms with E-state index in [1.165, 1.54) is 28.2 Å². The van der Waals surface area contributed by atoms with Gasteiger partial charge in [0.2, 0.25) is 5.75 Å². The van der Waals surface area contributed by atoms with Gasteiger partial charge in [0.25, 0.3) is 11.2 Å². The highest BCUT2D eigenvalue weighted by molar-refractivity contribution is 7.18. The summed E-state index contributed by atoms with van der Waals surface area (Å²) >= 11 is 1.58. The second-order valence-electron chi connectivity index (χ2n) is 7.87. The maximum Gasteiger partial charge on any atom is 0.318 e. The Morgan fingerprint density at radius 3 is 2.57 bits per heavy atom. The average Bonchev–Trinajstić information content (AvgIpc) is 3.24. The number of benzene rings is 2. The van der Waals surface area contributed by atoms with Crippen molar-refractivity contribution in [2.45, 2.75) is 25.7 Å². The molecule has 1 aliphatic carbocycles. The van der Waals surface area contributed by atoms with Gasteiger partial charge in [0.1, 0.15) is 16.9 Å². The van der Waals surface area contributed by atoms with Crippen LogP contribution in [0.3, 0.4) is 0 Å². The Morgan fingerprint density at radius 1 is 1.06 bits per heavy atom. The van der Waals surface area contributed by atoms with Gasteiger partial charge >= 0.3 is 5.69 Å². The summed E-state index contributed by atoms with van der Waals surface area (Å²) in [5.74, 6) is 0.177. The fourth-order valence-corrected chi connectivity index (χ4v) is 5.16. The molecule has 0 fully saturated rings. The van der Waals surface area contributed by atoms with Gasteiger partial charge in [-0.2, -0.15) is 9.78 Å². The number of non-ortho nitro benzene ring substituents is 1. The summed E-state index contributed by atoms with van der Waals surface area (Å²) in [6.07, 6.45) is 6.97.